The van der Waals surface area contributed by atoms with Gasteiger partial charge in [-0.15, -0.1) is 0 Å². The summed E-state index contributed by atoms with van der Waals surface area (Å²) in [6, 6.07) is 36.7. The molecule has 2 aliphatic rings. The van der Waals surface area contributed by atoms with Gasteiger partial charge in [-0.3, -0.25) is 9.98 Å². The quantitative estimate of drug-likeness (QED) is 0.155. The van der Waals surface area contributed by atoms with Gasteiger partial charge in [0.1, 0.15) is 0 Å². The molecule has 1 heterocycles. The minimum Gasteiger partial charge on any atom is -0.261 e. The summed E-state index contributed by atoms with van der Waals surface area (Å²) in [5.74, 6) is 0.752. The topological polar surface area (TPSA) is 37.6 Å². The summed E-state index contributed by atoms with van der Waals surface area (Å²) in [6.45, 7) is 5.26. The highest BCUT2D eigenvalue weighted by Crippen LogP contribution is 2.55. The van der Waals surface area contributed by atoms with E-state index in [4.69, 9.17) is 15.0 Å². The predicted molar refractivity (Wildman–Crippen MR) is 175 cm³/mol. The molecular weight excluding hydrogens is 510 g/mol. The molecule has 0 N–H and O–H groups in total. The first-order chi connectivity index (χ1) is 20.7. The minimum absolute atomic E-state index is 0.00698. The second kappa shape index (κ2) is 11.0. The first-order valence-electron chi connectivity index (χ1n) is 15.1. The van der Waals surface area contributed by atoms with E-state index in [-0.39, 0.29) is 5.41 Å². The molecule has 206 valence electrons. The van der Waals surface area contributed by atoms with Crippen molar-refractivity contribution in [3.05, 3.63) is 148 Å². The third kappa shape index (κ3) is 4.41. The molecule has 0 spiro atoms. The molecule has 0 unspecified atom stereocenters. The van der Waals surface area contributed by atoms with Gasteiger partial charge in [0.2, 0.25) is 0 Å². The van der Waals surface area contributed by atoms with E-state index in [0.717, 1.165) is 42.6 Å². The Balaban J connectivity index is 1.35. The van der Waals surface area contributed by atoms with Crippen molar-refractivity contribution >= 4 is 12.1 Å². The Bertz CT molecular complexity index is 1810. The number of amidine groups is 1. The SMILES string of the molecule is CCC1(CC)c2cc3c(cc2-c2c(C/N=C(\N=C\c4ccccc4)c4ccccc4)cccc21)CCc1ncccc1-3. The zero-order valence-corrected chi connectivity index (χ0v) is 24.3. The van der Waals surface area contributed by atoms with Crippen molar-refractivity contribution in [1.82, 2.24) is 4.98 Å². The number of aliphatic imine (C=N–C) groups is 2. The number of hydrogen-bond acceptors (Lipinski definition) is 2. The first-order valence-corrected chi connectivity index (χ1v) is 15.1. The lowest BCUT2D eigenvalue weighted by Crippen LogP contribution is -2.23. The molecule has 7 rings (SSSR count). The van der Waals surface area contributed by atoms with Crippen molar-refractivity contribution in [2.75, 3.05) is 0 Å². The van der Waals surface area contributed by atoms with Gasteiger partial charge in [-0.25, -0.2) is 4.99 Å². The molecule has 3 heteroatoms. The van der Waals surface area contributed by atoms with Gasteiger partial charge in [0.15, 0.2) is 5.84 Å². The number of pyridine rings is 1. The molecule has 42 heavy (non-hydrogen) atoms. The summed E-state index contributed by atoms with van der Waals surface area (Å²) in [5, 5.41) is 0. The van der Waals surface area contributed by atoms with Gasteiger partial charge in [-0.05, 0) is 82.3 Å². The molecule has 0 bridgehead atoms. The molecule has 1 aromatic heterocycles. The summed E-state index contributed by atoms with van der Waals surface area (Å²) in [4.78, 5) is 14.7. The Hall–Kier alpha value is -4.63. The van der Waals surface area contributed by atoms with E-state index in [0.29, 0.717) is 6.54 Å². The molecule has 0 radical (unpaired) electrons. The summed E-state index contributed by atoms with van der Waals surface area (Å²) in [5.41, 5.74) is 14.3. The molecule has 4 aromatic carbocycles. The van der Waals surface area contributed by atoms with Crippen molar-refractivity contribution in [1.29, 1.82) is 0 Å². The Morgan fingerprint density at radius 1 is 0.762 bits per heavy atom. The van der Waals surface area contributed by atoms with Crippen LogP contribution in [0.25, 0.3) is 22.3 Å². The van der Waals surface area contributed by atoms with E-state index in [9.17, 15) is 0 Å². The van der Waals surface area contributed by atoms with E-state index in [2.05, 4.69) is 80.6 Å². The van der Waals surface area contributed by atoms with Crippen LogP contribution in [0.1, 0.15) is 65.8 Å². The number of nitrogens with zero attached hydrogens (tertiary/aromatic N) is 3. The maximum atomic E-state index is 5.16. The van der Waals surface area contributed by atoms with Crippen LogP contribution in [0, 0.1) is 0 Å². The van der Waals surface area contributed by atoms with Gasteiger partial charge in [0, 0.05) is 34.6 Å². The van der Waals surface area contributed by atoms with E-state index in [1.807, 2.05) is 48.8 Å². The van der Waals surface area contributed by atoms with Crippen molar-refractivity contribution in [2.24, 2.45) is 9.98 Å². The largest absolute Gasteiger partial charge is 0.261 e. The standard InChI is InChI=1S/C39H35N3/c1-3-39(4-2)34-19-11-17-30(26-42-38(28-15-9-6-10-16-28)41-25-27-13-7-5-8-14-27)37(34)33-23-29-20-21-36-31(18-12-22-40-36)32(29)24-35(33)39/h5-19,22-25H,3-4,20-21,26H2,1-2H3/b41-25+,42-38-. The van der Waals surface area contributed by atoms with Crippen LogP contribution < -0.4 is 0 Å². The number of hydrogen-bond donors (Lipinski definition) is 0. The minimum atomic E-state index is -0.00698. The molecule has 0 saturated carbocycles. The number of benzene rings is 4. The van der Waals surface area contributed by atoms with Crippen LogP contribution in [0.5, 0.6) is 0 Å². The van der Waals surface area contributed by atoms with E-state index in [1.54, 1.807) is 0 Å². The van der Waals surface area contributed by atoms with Crippen LogP contribution in [-0.4, -0.2) is 17.0 Å². The van der Waals surface area contributed by atoms with E-state index >= 15 is 0 Å². The molecule has 0 aliphatic heterocycles. The summed E-state index contributed by atoms with van der Waals surface area (Å²) >= 11 is 0. The molecule has 5 aromatic rings. The summed E-state index contributed by atoms with van der Waals surface area (Å²) < 4.78 is 0. The molecule has 0 atom stereocenters. The average molecular weight is 546 g/mol. The summed E-state index contributed by atoms with van der Waals surface area (Å²) in [7, 11) is 0. The maximum Gasteiger partial charge on any atom is 0.154 e. The van der Waals surface area contributed by atoms with Gasteiger partial charge in [0.25, 0.3) is 0 Å². The van der Waals surface area contributed by atoms with Crippen molar-refractivity contribution in [2.45, 2.75) is 51.5 Å². The van der Waals surface area contributed by atoms with Gasteiger partial charge < -0.3 is 0 Å². The summed E-state index contributed by atoms with van der Waals surface area (Å²) in [6.07, 6.45) is 7.98. The van der Waals surface area contributed by atoms with Crippen LogP contribution in [-0.2, 0) is 24.8 Å². The van der Waals surface area contributed by atoms with Crippen LogP contribution in [0.15, 0.2) is 119 Å². The van der Waals surface area contributed by atoms with Gasteiger partial charge in [-0.2, -0.15) is 0 Å². The Morgan fingerprint density at radius 2 is 1.55 bits per heavy atom. The van der Waals surface area contributed by atoms with Crippen molar-refractivity contribution < 1.29 is 0 Å². The van der Waals surface area contributed by atoms with E-state index < -0.39 is 0 Å². The number of rotatable bonds is 6. The van der Waals surface area contributed by atoms with Gasteiger partial charge >= 0.3 is 0 Å². The second-order valence-corrected chi connectivity index (χ2v) is 11.4. The second-order valence-electron chi connectivity index (χ2n) is 11.4. The lowest BCUT2D eigenvalue weighted by atomic mass is 9.72. The Morgan fingerprint density at radius 3 is 2.33 bits per heavy atom. The highest BCUT2D eigenvalue weighted by molar-refractivity contribution is 6.05. The normalized spacial score (nSPS) is 14.8. The molecule has 2 aliphatic carbocycles. The third-order valence-electron chi connectivity index (χ3n) is 9.28. The smallest absolute Gasteiger partial charge is 0.154 e. The van der Waals surface area contributed by atoms with Gasteiger partial charge in [-0.1, -0.05) is 105 Å². The van der Waals surface area contributed by atoms with Crippen LogP contribution in [0.2, 0.25) is 0 Å². The van der Waals surface area contributed by atoms with Crippen LogP contribution in [0.3, 0.4) is 0 Å². The highest BCUT2D eigenvalue weighted by Gasteiger charge is 2.42. The number of aromatic nitrogens is 1. The fraction of sp³-hybridized carbons (Fsp3) is 0.205. The highest BCUT2D eigenvalue weighted by atomic mass is 14.9. The van der Waals surface area contributed by atoms with Gasteiger partial charge in [0.05, 0.1) is 6.54 Å². The third-order valence-corrected chi connectivity index (χ3v) is 9.28. The van der Waals surface area contributed by atoms with Crippen LogP contribution in [0.4, 0.5) is 0 Å². The molecule has 0 amide bonds. The molecule has 3 nitrogen and oxygen atoms in total. The van der Waals surface area contributed by atoms with Crippen LogP contribution >= 0.6 is 0 Å². The fourth-order valence-corrected chi connectivity index (χ4v) is 7.07. The predicted octanol–water partition coefficient (Wildman–Crippen LogP) is 9.00. The number of fused-ring (bicyclic) bond motifs is 6. The van der Waals surface area contributed by atoms with Crippen molar-refractivity contribution in [3.63, 3.8) is 0 Å². The Kier molecular flexibility index (Phi) is 6.87. The Labute approximate surface area is 248 Å². The molecule has 0 fully saturated rings. The monoisotopic (exact) mass is 545 g/mol. The van der Waals surface area contributed by atoms with E-state index in [1.165, 1.54) is 50.2 Å². The number of aryl methyl sites for hydroxylation is 2. The first kappa shape index (κ1) is 26.3. The molecule has 0 saturated heterocycles. The fourth-order valence-electron chi connectivity index (χ4n) is 7.07. The average Bonchev–Trinajstić information content (AvgIpc) is 3.34. The molecular formula is C39H35N3. The maximum absolute atomic E-state index is 5.16. The lowest BCUT2D eigenvalue weighted by Gasteiger charge is -2.31. The zero-order chi connectivity index (χ0) is 28.5. The van der Waals surface area contributed by atoms with Crippen molar-refractivity contribution in [3.8, 4) is 22.3 Å². The lowest BCUT2D eigenvalue weighted by molar-refractivity contribution is 0.490. The zero-order valence-electron chi connectivity index (χ0n) is 24.3.